The van der Waals surface area contributed by atoms with Gasteiger partial charge in [-0.1, -0.05) is 18.2 Å². The fourth-order valence-corrected chi connectivity index (χ4v) is 5.06. The smallest absolute Gasteiger partial charge is 0.338 e. The number of carbonyl (C=O) groups is 7. The van der Waals surface area contributed by atoms with Gasteiger partial charge in [-0.15, -0.1) is 0 Å². The Labute approximate surface area is 280 Å². The van der Waals surface area contributed by atoms with Crippen LogP contribution < -0.4 is 0 Å². The van der Waals surface area contributed by atoms with E-state index in [-0.39, 0.29) is 5.56 Å². The summed E-state index contributed by atoms with van der Waals surface area (Å²) < 4.78 is 55.2. The van der Waals surface area contributed by atoms with E-state index in [1.54, 1.807) is 18.2 Å². The van der Waals surface area contributed by atoms with Gasteiger partial charge in [0, 0.05) is 41.5 Å². The van der Waals surface area contributed by atoms with Gasteiger partial charge in [-0.2, -0.15) is 0 Å². The molecule has 10 atom stereocenters. The molecule has 2 aliphatic rings. The molecule has 18 heteroatoms. The van der Waals surface area contributed by atoms with Crippen LogP contribution in [0.4, 0.5) is 0 Å². The molecular formula is C31H38O18. The van der Waals surface area contributed by atoms with Gasteiger partial charge in [0.25, 0.3) is 0 Å². The van der Waals surface area contributed by atoms with E-state index >= 15 is 0 Å². The third-order valence-corrected chi connectivity index (χ3v) is 6.85. The summed E-state index contributed by atoms with van der Waals surface area (Å²) in [5.74, 6) is -6.12. The Morgan fingerprint density at radius 3 is 1.49 bits per heavy atom. The Balaban J connectivity index is 2.15. The van der Waals surface area contributed by atoms with Gasteiger partial charge in [-0.05, 0) is 12.1 Å². The van der Waals surface area contributed by atoms with Crippen LogP contribution in [0, 0.1) is 0 Å². The van der Waals surface area contributed by atoms with Crippen LogP contribution in [0.15, 0.2) is 30.3 Å². The van der Waals surface area contributed by atoms with Crippen molar-refractivity contribution in [1.82, 2.24) is 0 Å². The highest BCUT2D eigenvalue weighted by molar-refractivity contribution is 5.89. The van der Waals surface area contributed by atoms with E-state index in [1.807, 2.05) is 0 Å². The Kier molecular flexibility index (Phi) is 14.0. The predicted molar refractivity (Wildman–Crippen MR) is 156 cm³/mol. The SMILES string of the molecule is CC(=O)OC[C@H]1O[C@H](O[C@@H]2[C@H](OC(=O)c3ccccc3)[C@@H](O)O[C@H](COC(C)=O)[C@H]2OC(C)=O)[C@@H](OC(C)=O)[C@@H](OC(C)=O)[C@@H]1OC(C)=O. The Bertz CT molecular complexity index is 1360. The number of aliphatic hydroxyl groups is 1. The highest BCUT2D eigenvalue weighted by Crippen LogP contribution is 2.35. The summed E-state index contributed by atoms with van der Waals surface area (Å²) >= 11 is 0. The minimum Gasteiger partial charge on any atom is -0.463 e. The molecule has 2 fully saturated rings. The maximum Gasteiger partial charge on any atom is 0.338 e. The summed E-state index contributed by atoms with van der Waals surface area (Å²) in [6.45, 7) is 5.11. The molecule has 49 heavy (non-hydrogen) atoms. The van der Waals surface area contributed by atoms with Crippen molar-refractivity contribution in [2.24, 2.45) is 0 Å². The van der Waals surface area contributed by atoms with Crippen molar-refractivity contribution in [3.63, 3.8) is 0 Å². The minimum atomic E-state index is -2.00. The molecule has 0 saturated carbocycles. The molecule has 0 amide bonds. The van der Waals surface area contributed by atoms with Gasteiger partial charge in [0.2, 0.25) is 0 Å². The molecule has 1 aromatic rings. The van der Waals surface area contributed by atoms with E-state index in [4.69, 9.17) is 47.4 Å². The van der Waals surface area contributed by atoms with Crippen LogP contribution in [0.2, 0.25) is 0 Å². The number of hydrogen-bond donors (Lipinski definition) is 1. The van der Waals surface area contributed by atoms with Crippen molar-refractivity contribution in [2.75, 3.05) is 13.2 Å². The molecule has 0 aliphatic carbocycles. The van der Waals surface area contributed by atoms with Crippen LogP contribution in [0.3, 0.4) is 0 Å². The molecule has 2 heterocycles. The summed E-state index contributed by atoms with van der Waals surface area (Å²) in [5, 5.41) is 11.1. The Hall–Kier alpha value is -4.65. The fraction of sp³-hybridized carbons (Fsp3) is 0.581. The summed E-state index contributed by atoms with van der Waals surface area (Å²) in [5.41, 5.74) is 0.0480. The molecule has 3 rings (SSSR count). The zero-order valence-corrected chi connectivity index (χ0v) is 27.5. The molecule has 0 radical (unpaired) electrons. The number of ether oxygens (including phenoxy) is 10. The molecule has 0 spiro atoms. The fourth-order valence-electron chi connectivity index (χ4n) is 5.06. The summed E-state index contributed by atoms with van der Waals surface area (Å²) in [6.07, 6.45) is -16.8. The first-order valence-corrected chi connectivity index (χ1v) is 14.9. The summed E-state index contributed by atoms with van der Waals surface area (Å²) in [7, 11) is 0. The van der Waals surface area contributed by atoms with Crippen molar-refractivity contribution >= 4 is 41.8 Å². The lowest BCUT2D eigenvalue weighted by Crippen LogP contribution is -2.67. The predicted octanol–water partition coefficient (Wildman–Crippen LogP) is -0.108. The minimum absolute atomic E-state index is 0.0480. The van der Waals surface area contributed by atoms with Crippen LogP contribution in [-0.2, 0) is 76.1 Å². The molecule has 2 saturated heterocycles. The molecule has 2 aliphatic heterocycles. The van der Waals surface area contributed by atoms with E-state index in [1.165, 1.54) is 12.1 Å². The molecular weight excluding hydrogens is 660 g/mol. The molecule has 1 aromatic carbocycles. The number of aliphatic hydroxyl groups excluding tert-OH is 1. The van der Waals surface area contributed by atoms with Crippen LogP contribution >= 0.6 is 0 Å². The first-order chi connectivity index (χ1) is 23.1. The Morgan fingerprint density at radius 1 is 0.551 bits per heavy atom. The maximum atomic E-state index is 13.2. The highest BCUT2D eigenvalue weighted by Gasteiger charge is 2.57. The zero-order chi connectivity index (χ0) is 36.4. The summed E-state index contributed by atoms with van der Waals surface area (Å²) in [6, 6.07) is 7.57. The first-order valence-electron chi connectivity index (χ1n) is 14.9. The van der Waals surface area contributed by atoms with E-state index in [0.29, 0.717) is 0 Å². The topological polar surface area (TPSA) is 232 Å². The number of esters is 7. The lowest BCUT2D eigenvalue weighted by molar-refractivity contribution is -0.356. The average Bonchev–Trinajstić information content (AvgIpc) is 3.00. The molecule has 0 bridgehead atoms. The monoisotopic (exact) mass is 698 g/mol. The molecule has 18 nitrogen and oxygen atoms in total. The van der Waals surface area contributed by atoms with Crippen LogP contribution in [0.25, 0.3) is 0 Å². The normalized spacial score (nSPS) is 29.4. The number of hydrogen-bond acceptors (Lipinski definition) is 18. The van der Waals surface area contributed by atoms with Gasteiger partial charge >= 0.3 is 41.8 Å². The largest absolute Gasteiger partial charge is 0.463 e. The Morgan fingerprint density at radius 2 is 1.00 bits per heavy atom. The van der Waals surface area contributed by atoms with E-state index in [0.717, 1.165) is 41.5 Å². The highest BCUT2D eigenvalue weighted by atomic mass is 16.8. The summed E-state index contributed by atoms with van der Waals surface area (Å²) in [4.78, 5) is 85.6. The van der Waals surface area contributed by atoms with Crippen LogP contribution in [0.1, 0.15) is 51.9 Å². The number of rotatable bonds is 12. The molecule has 1 N–H and O–H groups in total. The van der Waals surface area contributed by atoms with Crippen molar-refractivity contribution in [3.05, 3.63) is 35.9 Å². The zero-order valence-electron chi connectivity index (χ0n) is 27.5. The van der Waals surface area contributed by atoms with E-state index in [9.17, 15) is 38.7 Å². The van der Waals surface area contributed by atoms with Crippen molar-refractivity contribution in [1.29, 1.82) is 0 Å². The third-order valence-electron chi connectivity index (χ3n) is 6.85. The quantitative estimate of drug-likeness (QED) is 0.222. The maximum absolute atomic E-state index is 13.2. The van der Waals surface area contributed by atoms with E-state index < -0.39 is 116 Å². The van der Waals surface area contributed by atoms with Gasteiger partial charge in [0.1, 0.15) is 31.5 Å². The second-order valence-electron chi connectivity index (χ2n) is 10.8. The van der Waals surface area contributed by atoms with Crippen LogP contribution in [-0.4, -0.2) is 122 Å². The average molecular weight is 699 g/mol. The standard InChI is InChI=1S/C31H38O18/c1-14(32)40-12-21-23(42-16(3)34)25(27(30(39)46-21)48-29(38)20-10-8-7-9-11-20)49-31-28(45-19(6)37)26(44-18(5)36)24(43-17(4)35)22(47-31)13-41-15(2)33/h7-11,21-28,30-31,39H,12-13H2,1-6H3/t21-,22-,23-,24-,25+,26+,27+,28+,30+,31-/m1/s1. The van der Waals surface area contributed by atoms with Gasteiger partial charge in [-0.25, -0.2) is 4.79 Å². The lowest BCUT2D eigenvalue weighted by Gasteiger charge is -2.48. The molecule has 0 aromatic heterocycles. The van der Waals surface area contributed by atoms with Crippen molar-refractivity contribution < 1.29 is 86.0 Å². The number of benzene rings is 1. The molecule has 0 unspecified atom stereocenters. The second-order valence-corrected chi connectivity index (χ2v) is 10.8. The first kappa shape index (κ1) is 38.8. The van der Waals surface area contributed by atoms with Crippen molar-refractivity contribution in [3.8, 4) is 0 Å². The second kappa shape index (κ2) is 17.7. The van der Waals surface area contributed by atoms with Gasteiger partial charge < -0.3 is 52.5 Å². The number of carbonyl (C=O) groups excluding carboxylic acids is 7. The molecule has 270 valence electrons. The lowest BCUT2D eigenvalue weighted by atomic mass is 9.96. The van der Waals surface area contributed by atoms with Crippen LogP contribution in [0.5, 0.6) is 0 Å². The van der Waals surface area contributed by atoms with Gasteiger partial charge in [-0.3, -0.25) is 28.8 Å². The van der Waals surface area contributed by atoms with Gasteiger partial charge in [0.15, 0.2) is 43.1 Å². The van der Waals surface area contributed by atoms with E-state index in [2.05, 4.69) is 0 Å². The van der Waals surface area contributed by atoms with Crippen molar-refractivity contribution in [2.45, 2.75) is 103 Å². The van der Waals surface area contributed by atoms with Gasteiger partial charge in [0.05, 0.1) is 5.56 Å². The third kappa shape index (κ3) is 11.2.